The summed E-state index contributed by atoms with van der Waals surface area (Å²) in [4.78, 5) is 20.0. The zero-order valence-electron chi connectivity index (χ0n) is 10.9. The van der Waals surface area contributed by atoms with Crippen molar-refractivity contribution in [3.05, 3.63) is 53.4 Å². The molecular weight excluding hydrogens is 270 g/mol. The van der Waals surface area contributed by atoms with Gasteiger partial charge in [-0.3, -0.25) is 4.79 Å². The van der Waals surface area contributed by atoms with Gasteiger partial charge >= 0.3 is 0 Å². The van der Waals surface area contributed by atoms with Crippen LogP contribution in [0.5, 0.6) is 0 Å². The number of aromatic nitrogens is 2. The number of fused-ring (bicyclic) bond motifs is 1. The van der Waals surface area contributed by atoms with Gasteiger partial charge < -0.3 is 10.3 Å². The molecule has 4 nitrogen and oxygen atoms in total. The van der Waals surface area contributed by atoms with Crippen LogP contribution in [0.25, 0.3) is 10.1 Å². The maximum absolute atomic E-state index is 12.1. The second-order valence-corrected chi connectivity index (χ2v) is 5.63. The molecule has 0 spiro atoms. The molecule has 0 atom stereocenters. The Bertz CT molecular complexity index is 670. The summed E-state index contributed by atoms with van der Waals surface area (Å²) in [6.07, 6.45) is 5.28. The van der Waals surface area contributed by atoms with Gasteiger partial charge in [-0.1, -0.05) is 18.2 Å². The molecule has 2 heterocycles. The smallest absolute Gasteiger partial charge is 0.261 e. The number of imidazole rings is 1. The lowest BCUT2D eigenvalue weighted by molar-refractivity contribution is 0.0957. The fourth-order valence-electron chi connectivity index (χ4n) is 2.07. The molecule has 0 aliphatic heterocycles. The van der Waals surface area contributed by atoms with Crippen LogP contribution in [0, 0.1) is 0 Å². The van der Waals surface area contributed by atoms with Crippen molar-refractivity contribution in [2.45, 2.75) is 12.8 Å². The highest BCUT2D eigenvalue weighted by Crippen LogP contribution is 2.24. The lowest BCUT2D eigenvalue weighted by atomic mass is 10.2. The van der Waals surface area contributed by atoms with Gasteiger partial charge in [0, 0.05) is 30.1 Å². The minimum atomic E-state index is 0.00523. The lowest BCUT2D eigenvalue weighted by Crippen LogP contribution is -2.23. The Morgan fingerprint density at radius 1 is 1.35 bits per heavy atom. The lowest BCUT2D eigenvalue weighted by Gasteiger charge is -2.02. The minimum Gasteiger partial charge on any atom is -0.351 e. The summed E-state index contributed by atoms with van der Waals surface area (Å²) >= 11 is 1.53. The molecule has 5 heteroatoms. The second kappa shape index (κ2) is 5.88. The average Bonchev–Trinajstić information content (AvgIpc) is 3.12. The van der Waals surface area contributed by atoms with Gasteiger partial charge in [-0.2, -0.15) is 0 Å². The number of aryl methyl sites for hydroxylation is 1. The summed E-state index contributed by atoms with van der Waals surface area (Å²) in [7, 11) is 0. The van der Waals surface area contributed by atoms with E-state index in [0.29, 0.717) is 6.54 Å². The number of amides is 1. The van der Waals surface area contributed by atoms with E-state index in [2.05, 4.69) is 15.3 Å². The number of carbonyl (C=O) groups is 1. The van der Waals surface area contributed by atoms with Crippen molar-refractivity contribution in [2.75, 3.05) is 6.54 Å². The van der Waals surface area contributed by atoms with E-state index in [1.54, 1.807) is 6.20 Å². The Hall–Kier alpha value is -2.14. The largest absolute Gasteiger partial charge is 0.351 e. The summed E-state index contributed by atoms with van der Waals surface area (Å²) in [5.74, 6) is 0.965. The first-order valence-corrected chi connectivity index (χ1v) is 7.39. The molecule has 0 aliphatic carbocycles. The predicted molar refractivity (Wildman–Crippen MR) is 81.1 cm³/mol. The Balaban J connectivity index is 1.53. The van der Waals surface area contributed by atoms with E-state index in [0.717, 1.165) is 33.6 Å². The van der Waals surface area contributed by atoms with E-state index in [9.17, 15) is 4.79 Å². The van der Waals surface area contributed by atoms with E-state index in [1.165, 1.54) is 11.3 Å². The number of nitrogens with zero attached hydrogens (tertiary/aromatic N) is 1. The molecule has 20 heavy (non-hydrogen) atoms. The standard InChI is InChI=1S/C15H15N3OS/c19-15(18-7-3-6-14-16-8-9-17-14)13-10-11-4-1-2-5-12(11)20-13/h1-2,4-5,8-10H,3,6-7H2,(H,16,17)(H,18,19). The fourth-order valence-corrected chi connectivity index (χ4v) is 3.05. The molecule has 1 amide bonds. The highest BCUT2D eigenvalue weighted by Gasteiger charge is 2.09. The third kappa shape index (κ3) is 2.88. The molecule has 0 saturated heterocycles. The first-order valence-electron chi connectivity index (χ1n) is 6.58. The zero-order valence-corrected chi connectivity index (χ0v) is 11.7. The number of benzene rings is 1. The van der Waals surface area contributed by atoms with Crippen molar-refractivity contribution in [1.29, 1.82) is 0 Å². The molecule has 1 aromatic carbocycles. The van der Waals surface area contributed by atoms with Gasteiger partial charge in [0.15, 0.2) is 0 Å². The molecule has 0 bridgehead atoms. The third-order valence-electron chi connectivity index (χ3n) is 3.08. The van der Waals surface area contributed by atoms with Crippen LogP contribution < -0.4 is 5.32 Å². The van der Waals surface area contributed by atoms with Crippen LogP contribution in [-0.2, 0) is 6.42 Å². The van der Waals surface area contributed by atoms with Crippen molar-refractivity contribution < 1.29 is 4.79 Å². The average molecular weight is 285 g/mol. The number of rotatable bonds is 5. The number of hydrogen-bond acceptors (Lipinski definition) is 3. The van der Waals surface area contributed by atoms with Crippen molar-refractivity contribution in [2.24, 2.45) is 0 Å². The van der Waals surface area contributed by atoms with Crippen LogP contribution >= 0.6 is 11.3 Å². The van der Waals surface area contributed by atoms with Gasteiger partial charge in [-0.05, 0) is 23.9 Å². The number of aromatic amines is 1. The van der Waals surface area contributed by atoms with Crippen LogP contribution in [0.1, 0.15) is 21.9 Å². The van der Waals surface area contributed by atoms with Gasteiger partial charge in [-0.25, -0.2) is 4.98 Å². The van der Waals surface area contributed by atoms with Crippen molar-refractivity contribution >= 4 is 27.3 Å². The molecule has 3 rings (SSSR count). The second-order valence-electron chi connectivity index (χ2n) is 4.54. The van der Waals surface area contributed by atoms with E-state index in [1.807, 2.05) is 36.5 Å². The quantitative estimate of drug-likeness (QED) is 0.708. The first kappa shape index (κ1) is 12.9. The molecule has 0 unspecified atom stereocenters. The molecule has 2 aromatic heterocycles. The van der Waals surface area contributed by atoms with Crippen molar-refractivity contribution in [3.8, 4) is 0 Å². The summed E-state index contributed by atoms with van der Waals surface area (Å²) in [5.41, 5.74) is 0. The van der Waals surface area contributed by atoms with E-state index in [-0.39, 0.29) is 5.91 Å². The fraction of sp³-hybridized carbons (Fsp3) is 0.200. The number of thiophene rings is 1. The maximum Gasteiger partial charge on any atom is 0.261 e. The summed E-state index contributed by atoms with van der Waals surface area (Å²) in [6, 6.07) is 9.99. The van der Waals surface area contributed by atoms with Crippen molar-refractivity contribution in [3.63, 3.8) is 0 Å². The molecule has 0 fully saturated rings. The molecule has 0 saturated carbocycles. The molecular formula is C15H15N3OS. The molecule has 0 radical (unpaired) electrons. The topological polar surface area (TPSA) is 57.8 Å². The van der Waals surface area contributed by atoms with Crippen LogP contribution in [0.4, 0.5) is 0 Å². The van der Waals surface area contributed by atoms with Gasteiger partial charge in [0.05, 0.1) is 4.88 Å². The summed E-state index contributed by atoms with van der Waals surface area (Å²) in [6.45, 7) is 0.660. The molecule has 2 N–H and O–H groups in total. The van der Waals surface area contributed by atoms with Crippen molar-refractivity contribution in [1.82, 2.24) is 15.3 Å². The summed E-state index contributed by atoms with van der Waals surface area (Å²) < 4.78 is 1.15. The van der Waals surface area contributed by atoms with Crippen LogP contribution in [0.15, 0.2) is 42.7 Å². The van der Waals surface area contributed by atoms with E-state index in [4.69, 9.17) is 0 Å². The maximum atomic E-state index is 12.1. The SMILES string of the molecule is O=C(NCCCc1ncc[nH]1)c1cc2ccccc2s1. The monoisotopic (exact) mass is 285 g/mol. The molecule has 3 aromatic rings. The predicted octanol–water partition coefficient (Wildman–Crippen LogP) is 2.99. The zero-order chi connectivity index (χ0) is 13.8. The number of hydrogen-bond donors (Lipinski definition) is 2. The third-order valence-corrected chi connectivity index (χ3v) is 4.19. The summed E-state index contributed by atoms with van der Waals surface area (Å²) in [5, 5.41) is 4.08. The van der Waals surface area contributed by atoms with Crippen LogP contribution in [-0.4, -0.2) is 22.4 Å². The Kier molecular flexibility index (Phi) is 3.78. The molecule has 102 valence electrons. The number of nitrogens with one attached hydrogen (secondary N) is 2. The van der Waals surface area contributed by atoms with E-state index < -0.39 is 0 Å². The Labute approximate surface area is 120 Å². The van der Waals surface area contributed by atoms with Gasteiger partial charge in [0.2, 0.25) is 0 Å². The number of carbonyl (C=O) groups excluding carboxylic acids is 1. The van der Waals surface area contributed by atoms with Gasteiger partial charge in [0.1, 0.15) is 5.82 Å². The van der Waals surface area contributed by atoms with Crippen LogP contribution in [0.2, 0.25) is 0 Å². The Morgan fingerprint density at radius 3 is 3.05 bits per heavy atom. The Morgan fingerprint density at radius 2 is 2.25 bits per heavy atom. The van der Waals surface area contributed by atoms with E-state index >= 15 is 0 Å². The van der Waals surface area contributed by atoms with Gasteiger partial charge in [-0.15, -0.1) is 11.3 Å². The van der Waals surface area contributed by atoms with Crippen LogP contribution in [0.3, 0.4) is 0 Å². The minimum absolute atomic E-state index is 0.00523. The number of H-pyrrole nitrogens is 1. The highest BCUT2D eigenvalue weighted by molar-refractivity contribution is 7.20. The molecule has 0 aliphatic rings. The highest BCUT2D eigenvalue weighted by atomic mass is 32.1. The van der Waals surface area contributed by atoms with Gasteiger partial charge in [0.25, 0.3) is 5.91 Å². The first-order chi connectivity index (χ1) is 9.83. The normalized spacial score (nSPS) is 10.8.